The number of aromatic amines is 1. The first-order chi connectivity index (χ1) is 13.0. The fourth-order valence-electron chi connectivity index (χ4n) is 2.81. The van der Waals surface area contributed by atoms with E-state index in [4.69, 9.17) is 0 Å². The minimum atomic E-state index is -4.50. The summed E-state index contributed by atoms with van der Waals surface area (Å²) in [6, 6.07) is 9.96. The van der Waals surface area contributed by atoms with Crippen LogP contribution in [0.1, 0.15) is 16.8 Å². The van der Waals surface area contributed by atoms with Crippen LogP contribution in [0.2, 0.25) is 0 Å². The molecule has 1 N–H and O–H groups in total. The van der Waals surface area contributed by atoms with Crippen LogP contribution in [0.4, 0.5) is 26.3 Å². The van der Waals surface area contributed by atoms with Crippen LogP contribution in [0, 0.1) is 6.92 Å². The highest BCUT2D eigenvalue weighted by molar-refractivity contribution is 5.74. The minimum absolute atomic E-state index is 0.120. The van der Waals surface area contributed by atoms with Gasteiger partial charge in [0.05, 0.1) is 11.1 Å². The van der Waals surface area contributed by atoms with Gasteiger partial charge in [-0.3, -0.25) is 4.79 Å². The first-order valence-electron chi connectivity index (χ1n) is 8.06. The highest BCUT2D eigenvalue weighted by atomic mass is 19.4. The van der Waals surface area contributed by atoms with Crippen molar-refractivity contribution < 1.29 is 26.3 Å². The Morgan fingerprint density at radius 3 is 1.46 bits per heavy atom. The quantitative estimate of drug-likeness (QED) is 0.524. The van der Waals surface area contributed by atoms with Gasteiger partial charge in [0.2, 0.25) is 0 Å². The molecule has 8 heteroatoms. The van der Waals surface area contributed by atoms with Gasteiger partial charge in [0.25, 0.3) is 5.56 Å². The van der Waals surface area contributed by atoms with Crippen LogP contribution in [0.3, 0.4) is 0 Å². The molecule has 3 rings (SSSR count). The second-order valence-corrected chi connectivity index (χ2v) is 6.20. The lowest BCUT2D eigenvalue weighted by Crippen LogP contribution is -2.12. The van der Waals surface area contributed by atoms with E-state index in [2.05, 4.69) is 4.98 Å². The number of aryl methyl sites for hydroxylation is 1. The summed E-state index contributed by atoms with van der Waals surface area (Å²) in [6.07, 6.45) is -8.96. The van der Waals surface area contributed by atoms with Crippen molar-refractivity contribution in [1.29, 1.82) is 0 Å². The first-order valence-corrected chi connectivity index (χ1v) is 8.06. The fraction of sp³-hybridized carbons (Fsp3) is 0.150. The summed E-state index contributed by atoms with van der Waals surface area (Å²) >= 11 is 0. The Labute approximate surface area is 155 Å². The Hall–Kier alpha value is -3.03. The molecule has 3 aromatic rings. The van der Waals surface area contributed by atoms with Gasteiger partial charge >= 0.3 is 12.4 Å². The van der Waals surface area contributed by atoms with Gasteiger partial charge in [0.1, 0.15) is 0 Å². The van der Waals surface area contributed by atoms with Gasteiger partial charge in [-0.15, -0.1) is 0 Å². The molecular weight excluding hydrogens is 384 g/mol. The summed E-state index contributed by atoms with van der Waals surface area (Å²) in [7, 11) is 0. The van der Waals surface area contributed by atoms with Crippen LogP contribution in [0.15, 0.2) is 59.4 Å². The molecular formula is C20H13F6NO. The largest absolute Gasteiger partial charge is 0.416 e. The Balaban J connectivity index is 2.05. The summed E-state index contributed by atoms with van der Waals surface area (Å²) in [5.41, 5.74) is -0.424. The molecule has 28 heavy (non-hydrogen) atoms. The lowest BCUT2D eigenvalue weighted by Gasteiger charge is -2.12. The maximum absolute atomic E-state index is 12.7. The zero-order valence-corrected chi connectivity index (χ0v) is 14.4. The molecule has 0 spiro atoms. The van der Waals surface area contributed by atoms with Crippen LogP contribution in [0.25, 0.3) is 22.3 Å². The van der Waals surface area contributed by atoms with Crippen LogP contribution < -0.4 is 5.56 Å². The zero-order chi connectivity index (χ0) is 20.7. The average Bonchev–Trinajstić information content (AvgIpc) is 2.61. The maximum atomic E-state index is 12.7. The highest BCUT2D eigenvalue weighted by Gasteiger charge is 2.31. The molecule has 1 aromatic heterocycles. The van der Waals surface area contributed by atoms with Crippen molar-refractivity contribution in [2.24, 2.45) is 0 Å². The molecule has 0 bridgehead atoms. The summed E-state index contributed by atoms with van der Waals surface area (Å²) in [5.74, 6) is 0. The van der Waals surface area contributed by atoms with Crippen molar-refractivity contribution >= 4 is 0 Å². The number of halogens is 6. The van der Waals surface area contributed by atoms with E-state index in [0.29, 0.717) is 16.8 Å². The van der Waals surface area contributed by atoms with E-state index >= 15 is 0 Å². The smallest absolute Gasteiger partial charge is 0.325 e. The highest BCUT2D eigenvalue weighted by Crippen LogP contribution is 2.33. The molecule has 0 unspecified atom stereocenters. The monoisotopic (exact) mass is 397 g/mol. The molecule has 2 aromatic carbocycles. The molecule has 0 aliphatic rings. The van der Waals surface area contributed by atoms with Crippen molar-refractivity contribution in [3.8, 4) is 22.3 Å². The lowest BCUT2D eigenvalue weighted by atomic mass is 9.98. The third-order valence-electron chi connectivity index (χ3n) is 4.28. The molecule has 1 heterocycles. The Bertz CT molecular complexity index is 1040. The molecule has 0 saturated carbocycles. The number of nitrogens with one attached hydrogen (secondary N) is 1. The van der Waals surface area contributed by atoms with E-state index in [9.17, 15) is 31.1 Å². The molecule has 146 valence electrons. The van der Waals surface area contributed by atoms with Crippen molar-refractivity contribution in [2.45, 2.75) is 19.3 Å². The number of alkyl halides is 6. The van der Waals surface area contributed by atoms with Gasteiger partial charge in [-0.2, -0.15) is 26.3 Å². The summed E-state index contributed by atoms with van der Waals surface area (Å²) < 4.78 is 76.3. The number of rotatable bonds is 2. The topological polar surface area (TPSA) is 32.9 Å². The molecule has 0 radical (unpaired) electrons. The van der Waals surface area contributed by atoms with Crippen LogP contribution in [-0.4, -0.2) is 4.98 Å². The lowest BCUT2D eigenvalue weighted by molar-refractivity contribution is -0.138. The molecule has 0 aliphatic carbocycles. The van der Waals surface area contributed by atoms with E-state index in [1.165, 1.54) is 30.3 Å². The molecule has 0 amide bonds. The van der Waals surface area contributed by atoms with Gasteiger partial charge in [-0.1, -0.05) is 24.3 Å². The maximum Gasteiger partial charge on any atom is 0.416 e. The van der Waals surface area contributed by atoms with Crippen LogP contribution >= 0.6 is 0 Å². The SMILES string of the molecule is Cc1[nH]c(=O)c(-c2ccc(C(F)(F)F)cc2)cc1-c1ccc(C(F)(F)F)cc1. The average molecular weight is 397 g/mol. The second kappa shape index (κ2) is 6.85. The second-order valence-electron chi connectivity index (χ2n) is 6.20. The van der Waals surface area contributed by atoms with E-state index in [1.54, 1.807) is 6.92 Å². The van der Waals surface area contributed by atoms with Crippen LogP contribution in [0.5, 0.6) is 0 Å². The number of benzene rings is 2. The summed E-state index contributed by atoms with van der Waals surface area (Å²) in [5, 5.41) is 0. The number of hydrogen-bond acceptors (Lipinski definition) is 1. The first kappa shape index (κ1) is 19.7. The molecule has 0 atom stereocenters. The van der Waals surface area contributed by atoms with Gasteiger partial charge in [-0.25, -0.2) is 0 Å². The normalized spacial score (nSPS) is 12.2. The van der Waals surface area contributed by atoms with Crippen molar-refractivity contribution in [2.75, 3.05) is 0 Å². The minimum Gasteiger partial charge on any atom is -0.325 e. The van der Waals surface area contributed by atoms with E-state index in [0.717, 1.165) is 24.3 Å². The van der Waals surface area contributed by atoms with Crippen molar-refractivity contribution in [1.82, 2.24) is 4.98 Å². The standard InChI is InChI=1S/C20H13F6NO/c1-11-16(12-2-6-14(7-3-12)19(21,22)23)10-17(18(28)27-11)13-4-8-15(9-5-13)20(24,25)26/h2-10H,1H3,(H,27,28). The van der Waals surface area contributed by atoms with Crippen LogP contribution in [-0.2, 0) is 12.4 Å². The van der Waals surface area contributed by atoms with Gasteiger partial charge in [-0.05, 0) is 48.4 Å². The summed E-state index contributed by atoms with van der Waals surface area (Å²) in [6.45, 7) is 1.59. The number of pyridine rings is 1. The van der Waals surface area contributed by atoms with Crippen molar-refractivity contribution in [3.63, 3.8) is 0 Å². The fourth-order valence-corrected chi connectivity index (χ4v) is 2.81. The predicted molar refractivity (Wildman–Crippen MR) is 92.7 cm³/mol. The Kier molecular flexibility index (Phi) is 4.82. The van der Waals surface area contributed by atoms with E-state index in [-0.39, 0.29) is 11.1 Å². The molecule has 0 fully saturated rings. The van der Waals surface area contributed by atoms with E-state index < -0.39 is 29.0 Å². The molecule has 0 saturated heterocycles. The van der Waals surface area contributed by atoms with Crippen molar-refractivity contribution in [3.05, 3.63) is 81.8 Å². The molecule has 0 aliphatic heterocycles. The number of aromatic nitrogens is 1. The van der Waals surface area contributed by atoms with Gasteiger partial charge in [0.15, 0.2) is 0 Å². The Morgan fingerprint density at radius 2 is 1.07 bits per heavy atom. The number of H-pyrrole nitrogens is 1. The van der Waals surface area contributed by atoms with Gasteiger partial charge < -0.3 is 4.98 Å². The Morgan fingerprint density at radius 1 is 0.679 bits per heavy atom. The predicted octanol–water partition coefficient (Wildman–Crippen LogP) is 6.05. The third kappa shape index (κ3) is 3.95. The van der Waals surface area contributed by atoms with Gasteiger partial charge in [0, 0.05) is 16.8 Å². The van der Waals surface area contributed by atoms with E-state index in [1.807, 2.05) is 0 Å². The zero-order valence-electron chi connectivity index (χ0n) is 14.4. The number of hydrogen-bond donors (Lipinski definition) is 1. The molecule has 2 nitrogen and oxygen atoms in total. The summed E-state index contributed by atoms with van der Waals surface area (Å²) in [4.78, 5) is 14.9. The third-order valence-corrected chi connectivity index (χ3v) is 4.28.